The molecule has 0 aliphatic heterocycles. The third-order valence-electron chi connectivity index (χ3n) is 2.45. The Hall–Kier alpha value is 0.176. The first-order valence-electron chi connectivity index (χ1n) is 5.63. The molecule has 0 unspecified atom stereocenters. The van der Waals surface area contributed by atoms with Crippen LogP contribution in [0.4, 0.5) is 0 Å². The molecule has 0 amide bonds. The minimum absolute atomic E-state index is 0.887. The summed E-state index contributed by atoms with van der Waals surface area (Å²) in [7, 11) is -0.887. The first kappa shape index (κ1) is 14.2. The van der Waals surface area contributed by atoms with Gasteiger partial charge in [0, 0.05) is 0 Å². The van der Waals surface area contributed by atoms with Crippen molar-refractivity contribution in [2.75, 3.05) is 5.75 Å². The maximum atomic E-state index is 3.22. The number of hydrogen-bond donors (Lipinski definition) is 0. The standard InChI is InChI=1S/C13H20SSeSi/c1-11-7-5-6-8-12(11)13(15)14-9-10-16(2,3)4/h5-8H,9-10H2,1-4H3. The van der Waals surface area contributed by atoms with E-state index in [1.807, 2.05) is 11.8 Å². The molecule has 0 aliphatic rings. The zero-order chi connectivity index (χ0) is 12.2. The monoisotopic (exact) mass is 316 g/mol. The summed E-state index contributed by atoms with van der Waals surface area (Å²) in [6, 6.07) is 9.96. The molecule has 1 rings (SSSR count). The van der Waals surface area contributed by atoms with Gasteiger partial charge in [0.15, 0.2) is 0 Å². The van der Waals surface area contributed by atoms with Crippen molar-refractivity contribution < 1.29 is 0 Å². The van der Waals surface area contributed by atoms with Gasteiger partial charge in [0.1, 0.15) is 0 Å². The van der Waals surface area contributed by atoms with E-state index in [0.717, 1.165) is 0 Å². The molecular weight excluding hydrogens is 295 g/mol. The van der Waals surface area contributed by atoms with E-state index >= 15 is 0 Å². The quantitative estimate of drug-likeness (QED) is 0.747. The molecule has 0 N–H and O–H groups in total. The molecule has 0 heterocycles. The second kappa shape index (κ2) is 6.20. The van der Waals surface area contributed by atoms with Crippen LogP contribution in [-0.4, -0.2) is 33.2 Å². The van der Waals surface area contributed by atoms with Gasteiger partial charge in [-0.15, -0.1) is 0 Å². The Labute approximate surface area is 113 Å². The van der Waals surface area contributed by atoms with Crippen LogP contribution in [-0.2, 0) is 0 Å². The molecule has 0 fully saturated rings. The molecule has 0 spiro atoms. The summed E-state index contributed by atoms with van der Waals surface area (Å²) in [6.45, 7) is 9.47. The molecule has 1 aromatic carbocycles. The molecule has 0 saturated heterocycles. The van der Waals surface area contributed by atoms with E-state index in [-0.39, 0.29) is 0 Å². The van der Waals surface area contributed by atoms with Crippen LogP contribution < -0.4 is 0 Å². The van der Waals surface area contributed by atoms with E-state index in [9.17, 15) is 0 Å². The van der Waals surface area contributed by atoms with Crippen LogP contribution in [0.15, 0.2) is 24.3 Å². The van der Waals surface area contributed by atoms with Crippen molar-refractivity contribution in [1.29, 1.82) is 0 Å². The Morgan fingerprint density at radius 1 is 1.25 bits per heavy atom. The molecule has 16 heavy (non-hydrogen) atoms. The predicted molar refractivity (Wildman–Crippen MR) is 81.7 cm³/mol. The summed E-state index contributed by atoms with van der Waals surface area (Å²) in [5.74, 6) is 1.24. The first-order valence-corrected chi connectivity index (χ1v) is 11.2. The topological polar surface area (TPSA) is 0 Å². The number of hydrogen-bond acceptors (Lipinski definition) is 1. The van der Waals surface area contributed by atoms with Crippen LogP contribution in [0.1, 0.15) is 11.1 Å². The van der Waals surface area contributed by atoms with Crippen LogP contribution in [0.3, 0.4) is 0 Å². The fourth-order valence-corrected chi connectivity index (χ4v) is 5.76. The van der Waals surface area contributed by atoms with Gasteiger partial charge in [-0.1, -0.05) is 0 Å². The first-order chi connectivity index (χ1) is 7.40. The summed E-state index contributed by atoms with van der Waals surface area (Å²) < 4.78 is 1.34. The van der Waals surface area contributed by atoms with Crippen molar-refractivity contribution in [2.24, 2.45) is 0 Å². The van der Waals surface area contributed by atoms with Crippen LogP contribution in [0.25, 0.3) is 0 Å². The van der Waals surface area contributed by atoms with E-state index in [1.54, 1.807) is 0 Å². The van der Waals surface area contributed by atoms with Gasteiger partial charge in [-0.05, 0) is 0 Å². The molecule has 0 aromatic heterocycles. The molecular formula is C13H20SSeSi. The van der Waals surface area contributed by atoms with Crippen molar-refractivity contribution in [2.45, 2.75) is 32.6 Å². The van der Waals surface area contributed by atoms with Crippen molar-refractivity contribution >= 4 is 39.2 Å². The average Bonchev–Trinajstić information content (AvgIpc) is 2.16. The number of rotatable bonds is 5. The van der Waals surface area contributed by atoms with Crippen LogP contribution >= 0.6 is 11.8 Å². The zero-order valence-corrected chi connectivity index (χ0v) is 14.1. The Bertz CT molecular complexity index is 368. The Kier molecular flexibility index (Phi) is 5.52. The van der Waals surface area contributed by atoms with Crippen molar-refractivity contribution in [1.82, 2.24) is 0 Å². The SMILES string of the molecule is Cc1ccccc1C(=[Se])SCC[Si](C)(C)C. The van der Waals surface area contributed by atoms with Gasteiger partial charge in [0.05, 0.1) is 0 Å². The van der Waals surface area contributed by atoms with Gasteiger partial charge in [-0.25, -0.2) is 0 Å². The van der Waals surface area contributed by atoms with Gasteiger partial charge < -0.3 is 0 Å². The zero-order valence-electron chi connectivity index (χ0n) is 10.5. The number of thioether (sulfide) groups is 1. The average molecular weight is 315 g/mol. The van der Waals surface area contributed by atoms with Crippen LogP contribution in [0, 0.1) is 6.92 Å². The summed E-state index contributed by atoms with van der Waals surface area (Å²) in [5.41, 5.74) is 2.72. The maximum absolute atomic E-state index is 3.22. The molecule has 0 bridgehead atoms. The molecule has 0 atom stereocenters. The predicted octanol–water partition coefficient (Wildman–Crippen LogP) is 3.71. The normalized spacial score (nSPS) is 11.5. The summed E-state index contributed by atoms with van der Waals surface area (Å²) in [4.78, 5) is 0. The summed E-state index contributed by atoms with van der Waals surface area (Å²) >= 11 is 5.18. The Morgan fingerprint density at radius 2 is 1.88 bits per heavy atom. The second-order valence-corrected chi connectivity index (χ2v) is 13.4. The molecule has 0 aliphatic carbocycles. The van der Waals surface area contributed by atoms with Crippen LogP contribution in [0.5, 0.6) is 0 Å². The number of benzene rings is 1. The summed E-state index contributed by atoms with van der Waals surface area (Å²) in [6.07, 6.45) is 0. The van der Waals surface area contributed by atoms with Gasteiger partial charge in [-0.3, -0.25) is 0 Å². The van der Waals surface area contributed by atoms with Crippen molar-refractivity contribution in [3.05, 3.63) is 35.4 Å². The van der Waals surface area contributed by atoms with E-state index in [0.29, 0.717) is 0 Å². The van der Waals surface area contributed by atoms with Gasteiger partial charge >= 0.3 is 113 Å². The van der Waals surface area contributed by atoms with Gasteiger partial charge in [0.2, 0.25) is 0 Å². The molecule has 0 nitrogen and oxygen atoms in total. The second-order valence-electron chi connectivity index (χ2n) is 5.26. The summed E-state index contributed by atoms with van der Waals surface area (Å²) in [5, 5.41) is 0. The van der Waals surface area contributed by atoms with E-state index in [4.69, 9.17) is 0 Å². The Morgan fingerprint density at radius 3 is 2.44 bits per heavy atom. The molecule has 88 valence electrons. The van der Waals surface area contributed by atoms with Gasteiger partial charge in [-0.2, -0.15) is 0 Å². The fourth-order valence-electron chi connectivity index (χ4n) is 1.33. The fraction of sp³-hybridized carbons (Fsp3) is 0.462. The Balaban J connectivity index is 2.51. The third kappa shape index (κ3) is 5.00. The molecule has 1 aromatic rings. The molecule has 0 radical (unpaired) electrons. The third-order valence-corrected chi connectivity index (χ3v) is 6.66. The van der Waals surface area contributed by atoms with E-state index in [1.165, 1.54) is 26.7 Å². The van der Waals surface area contributed by atoms with Crippen LogP contribution in [0.2, 0.25) is 25.7 Å². The minimum atomic E-state index is -0.887. The van der Waals surface area contributed by atoms with E-state index in [2.05, 4.69) is 66.4 Å². The van der Waals surface area contributed by atoms with E-state index < -0.39 is 8.07 Å². The van der Waals surface area contributed by atoms with Gasteiger partial charge in [0.25, 0.3) is 0 Å². The van der Waals surface area contributed by atoms with Crippen molar-refractivity contribution in [3.63, 3.8) is 0 Å². The molecule has 3 heteroatoms. The van der Waals surface area contributed by atoms with Crippen molar-refractivity contribution in [3.8, 4) is 0 Å². The molecule has 0 saturated carbocycles. The number of aryl methyl sites for hydroxylation is 1.